The number of nitrogens with zero attached hydrogens (tertiary/aromatic N) is 1. The summed E-state index contributed by atoms with van der Waals surface area (Å²) in [5, 5.41) is 10.7. The molecule has 1 saturated heterocycles. The molecule has 2 bridgehead atoms. The van der Waals surface area contributed by atoms with Crippen molar-refractivity contribution >= 4 is 68.4 Å². The van der Waals surface area contributed by atoms with E-state index in [0.717, 1.165) is 31.9 Å². The van der Waals surface area contributed by atoms with E-state index < -0.39 is 17.8 Å². The van der Waals surface area contributed by atoms with Gasteiger partial charge in [0.2, 0.25) is 11.8 Å². The first-order chi connectivity index (χ1) is 19.7. The number of ether oxygens (including phenoxy) is 1. The van der Waals surface area contributed by atoms with Gasteiger partial charge in [-0.25, -0.2) is 0 Å². The maximum atomic E-state index is 13.6. The van der Waals surface area contributed by atoms with Crippen LogP contribution in [0.1, 0.15) is 34.8 Å². The fourth-order valence-electron chi connectivity index (χ4n) is 7.49. The molecule has 7 atom stereocenters. The number of carbonyl (C=O) groups excluding carboxylic acids is 2. The van der Waals surface area contributed by atoms with Gasteiger partial charge in [-0.2, -0.15) is 0 Å². The maximum Gasteiger partial charge on any atom is 0.305 e. The first kappa shape index (κ1) is 27.2. The second-order valence-corrected chi connectivity index (χ2v) is 14.6. The normalized spacial score (nSPS) is 29.4. The summed E-state index contributed by atoms with van der Waals surface area (Å²) in [4.78, 5) is 55.8. The average molecular weight is 676 g/mol. The third-order valence-electron chi connectivity index (χ3n) is 8.98. The monoisotopic (exact) mass is 674 g/mol. The third kappa shape index (κ3) is 4.47. The molecule has 212 valence electrons. The molecule has 2 N–H and O–H groups in total. The molecule has 2 aliphatic heterocycles. The van der Waals surface area contributed by atoms with Crippen LogP contribution in [0, 0.1) is 29.6 Å². The number of halogens is 2. The first-order valence-electron chi connectivity index (χ1n) is 13.3. The Hall–Kier alpha value is -2.60. The largest absolute Gasteiger partial charge is 0.489 e. The molecule has 0 radical (unpaired) electrons. The number of hydrogen-bond acceptors (Lipinski definition) is 7. The van der Waals surface area contributed by atoms with Crippen molar-refractivity contribution in [1.29, 1.82) is 0 Å². The van der Waals surface area contributed by atoms with E-state index in [0.29, 0.717) is 17.4 Å². The van der Waals surface area contributed by atoms with Gasteiger partial charge in [-0.05, 0) is 60.1 Å². The smallest absolute Gasteiger partial charge is 0.305 e. The van der Waals surface area contributed by atoms with Gasteiger partial charge in [0.1, 0.15) is 12.4 Å². The van der Waals surface area contributed by atoms with Crippen LogP contribution in [0.5, 0.6) is 5.75 Å². The number of benzene rings is 2. The zero-order valence-corrected chi connectivity index (χ0v) is 25.4. The summed E-state index contributed by atoms with van der Waals surface area (Å²) in [5.41, 5.74) is 1.90. The molecule has 1 aromatic heterocycles. The summed E-state index contributed by atoms with van der Waals surface area (Å²) in [6.45, 7) is 0.236. The standard InChI is InChI=1S/C29H24BrClN2O6S2/c30-13-3-6-18(39-11-12-1-4-14(31)5-2-12)15(9-13)20-21-16-10-17(24(21)40-26-25(20)41-29(38)32-26)23-22(16)27(36)33(28(23)37)8-7-19(34)35/h1-6,9,16-17,20-24H,7-8,10-11H2,(H,32,38)(H,34,35)/t16?,17?,20-,21?,22?,23?,24?/m1/s1. The van der Waals surface area contributed by atoms with Gasteiger partial charge in [0.15, 0.2) is 0 Å². The van der Waals surface area contributed by atoms with E-state index in [1.165, 1.54) is 16.2 Å². The number of hydrogen-bond donors (Lipinski definition) is 2. The summed E-state index contributed by atoms with van der Waals surface area (Å²) in [6.07, 6.45) is 0.494. The lowest BCUT2D eigenvalue weighted by atomic mass is 9.68. The molecule has 8 nitrogen and oxygen atoms in total. The lowest BCUT2D eigenvalue weighted by Gasteiger charge is -2.43. The second kappa shape index (κ2) is 10.3. The average Bonchev–Trinajstić information content (AvgIpc) is 3.67. The number of carboxylic acids is 1. The highest BCUT2D eigenvalue weighted by molar-refractivity contribution is 9.10. The molecule has 0 spiro atoms. The van der Waals surface area contributed by atoms with E-state index in [2.05, 4.69) is 20.9 Å². The number of aromatic nitrogens is 1. The molecule has 4 aliphatic rings. The molecule has 12 heteroatoms. The number of likely N-dealkylation sites (tertiary alicyclic amines) is 1. The Morgan fingerprint density at radius 2 is 1.83 bits per heavy atom. The van der Waals surface area contributed by atoms with Gasteiger partial charge in [0, 0.05) is 37.6 Å². The molecule has 41 heavy (non-hydrogen) atoms. The van der Waals surface area contributed by atoms with Crippen LogP contribution in [0.15, 0.2) is 56.8 Å². The van der Waals surface area contributed by atoms with Gasteiger partial charge in [0.25, 0.3) is 0 Å². The highest BCUT2D eigenvalue weighted by atomic mass is 79.9. The van der Waals surface area contributed by atoms with Crippen LogP contribution < -0.4 is 9.61 Å². The van der Waals surface area contributed by atoms with Gasteiger partial charge in [-0.1, -0.05) is 51.0 Å². The number of imide groups is 1. The summed E-state index contributed by atoms with van der Waals surface area (Å²) >= 11 is 12.5. The summed E-state index contributed by atoms with van der Waals surface area (Å²) in [5.74, 6) is -2.03. The number of rotatable bonds is 7. The third-order valence-corrected chi connectivity index (χ3v) is 12.3. The predicted octanol–water partition coefficient (Wildman–Crippen LogP) is 5.38. The number of aromatic amines is 1. The Bertz CT molecular complexity index is 1640. The number of thioether (sulfide) groups is 1. The minimum absolute atomic E-state index is 0.00792. The number of carboxylic acid groups (broad SMARTS) is 1. The van der Waals surface area contributed by atoms with Crippen molar-refractivity contribution in [2.75, 3.05) is 6.54 Å². The van der Waals surface area contributed by atoms with Crippen LogP contribution in [0.3, 0.4) is 0 Å². The molecular weight excluding hydrogens is 652 g/mol. The van der Waals surface area contributed by atoms with Crippen molar-refractivity contribution in [1.82, 2.24) is 9.88 Å². The van der Waals surface area contributed by atoms with E-state index in [1.807, 2.05) is 42.5 Å². The van der Waals surface area contributed by atoms with Crippen LogP contribution in [-0.2, 0) is 21.0 Å². The van der Waals surface area contributed by atoms with Gasteiger partial charge in [-0.15, -0.1) is 11.8 Å². The van der Waals surface area contributed by atoms with E-state index in [9.17, 15) is 19.2 Å². The topological polar surface area (TPSA) is 117 Å². The Kier molecular flexibility index (Phi) is 6.84. The number of aliphatic carboxylic acids is 1. The van der Waals surface area contributed by atoms with Gasteiger partial charge >= 0.3 is 10.8 Å². The number of nitrogens with one attached hydrogen (secondary N) is 1. The zero-order chi connectivity index (χ0) is 28.6. The van der Waals surface area contributed by atoms with Crippen LogP contribution in [-0.4, -0.2) is 44.6 Å². The fourth-order valence-corrected chi connectivity index (χ4v) is 10.9. The number of H-pyrrole nitrogens is 1. The number of fused-ring (bicyclic) bond motifs is 9. The maximum absolute atomic E-state index is 13.6. The van der Waals surface area contributed by atoms with Gasteiger partial charge in [-0.3, -0.25) is 24.1 Å². The van der Waals surface area contributed by atoms with Crippen LogP contribution in [0.2, 0.25) is 5.02 Å². The van der Waals surface area contributed by atoms with E-state index in [4.69, 9.17) is 21.4 Å². The predicted molar refractivity (Wildman–Crippen MR) is 157 cm³/mol. The minimum atomic E-state index is -1.04. The molecule has 2 amide bonds. The Balaban J connectivity index is 1.27. The molecule has 2 aromatic carbocycles. The lowest BCUT2D eigenvalue weighted by Crippen LogP contribution is -2.42. The highest BCUT2D eigenvalue weighted by Crippen LogP contribution is 2.69. The first-order valence-corrected chi connectivity index (χ1v) is 16.2. The van der Waals surface area contributed by atoms with Crippen LogP contribution in [0.4, 0.5) is 0 Å². The van der Waals surface area contributed by atoms with E-state index >= 15 is 0 Å². The fraction of sp³-hybridized carbons (Fsp3) is 0.379. The molecule has 7 rings (SSSR count). The lowest BCUT2D eigenvalue weighted by molar-refractivity contribution is -0.142. The number of carbonyl (C=O) groups is 3. The molecule has 2 saturated carbocycles. The molecule has 3 fully saturated rings. The molecular formula is C29H24BrClN2O6S2. The van der Waals surface area contributed by atoms with Gasteiger partial charge in [0.05, 0.1) is 23.3 Å². The second-order valence-electron chi connectivity index (χ2n) is 11.0. The Labute approximate surface area is 256 Å². The van der Waals surface area contributed by atoms with Crippen molar-refractivity contribution in [2.45, 2.75) is 35.6 Å². The van der Waals surface area contributed by atoms with Crippen molar-refractivity contribution in [3.8, 4) is 5.75 Å². The Morgan fingerprint density at radius 1 is 1.10 bits per heavy atom. The molecule has 3 heterocycles. The van der Waals surface area contributed by atoms with Crippen molar-refractivity contribution in [3.05, 3.63) is 77.6 Å². The molecule has 6 unspecified atom stereocenters. The number of thiazole rings is 1. The van der Waals surface area contributed by atoms with Crippen molar-refractivity contribution in [3.63, 3.8) is 0 Å². The SMILES string of the molecule is O=C(O)CCN1C(=O)C2C3CC(C2C1=O)C1C3Sc2[nH]c(=O)sc2[C@@H]1c1cc(Br)ccc1OCc1ccc(Cl)cc1. The van der Waals surface area contributed by atoms with Crippen LogP contribution in [0.25, 0.3) is 0 Å². The quantitative estimate of drug-likeness (QED) is 0.323. The van der Waals surface area contributed by atoms with E-state index in [-0.39, 0.29) is 58.6 Å². The summed E-state index contributed by atoms with van der Waals surface area (Å²) in [6, 6.07) is 13.4. The molecule has 3 aromatic rings. The van der Waals surface area contributed by atoms with Gasteiger partial charge < -0.3 is 14.8 Å². The highest BCUT2D eigenvalue weighted by Gasteiger charge is 2.69. The molecule has 2 aliphatic carbocycles. The van der Waals surface area contributed by atoms with Crippen LogP contribution >= 0.6 is 50.6 Å². The van der Waals surface area contributed by atoms with Crippen molar-refractivity contribution in [2.24, 2.45) is 29.6 Å². The Morgan fingerprint density at radius 3 is 2.56 bits per heavy atom. The van der Waals surface area contributed by atoms with Crippen molar-refractivity contribution < 1.29 is 24.2 Å². The zero-order valence-electron chi connectivity index (χ0n) is 21.4. The summed E-state index contributed by atoms with van der Waals surface area (Å²) in [7, 11) is 0. The minimum Gasteiger partial charge on any atom is -0.489 e. The number of amides is 2. The summed E-state index contributed by atoms with van der Waals surface area (Å²) < 4.78 is 7.25. The van der Waals surface area contributed by atoms with E-state index in [1.54, 1.807) is 11.8 Å².